The van der Waals surface area contributed by atoms with Crippen LogP contribution in [0.1, 0.15) is 43.0 Å². The molecule has 0 aliphatic carbocycles. The van der Waals surface area contributed by atoms with E-state index < -0.39 is 0 Å². The first-order valence-corrected chi connectivity index (χ1v) is 8.24. The Balaban J connectivity index is 2.08. The summed E-state index contributed by atoms with van der Waals surface area (Å²) in [6, 6.07) is 7.25. The first-order chi connectivity index (χ1) is 10.1. The molecule has 3 nitrogen and oxygen atoms in total. The Morgan fingerprint density at radius 1 is 1.33 bits per heavy atom. The number of ether oxygens (including phenoxy) is 1. The van der Waals surface area contributed by atoms with Gasteiger partial charge in [-0.05, 0) is 50.4 Å². The maximum atomic E-state index is 5.75. The number of likely N-dealkylation sites (N-methyl/N-ethyl adjacent to an activating group) is 1. The molecule has 1 aromatic carbocycles. The molecule has 0 radical (unpaired) electrons. The third-order valence-electron chi connectivity index (χ3n) is 4.36. The van der Waals surface area contributed by atoms with Gasteiger partial charge in [0.25, 0.3) is 0 Å². The minimum Gasteiger partial charge on any atom is -0.377 e. The number of hydrogen-bond acceptors (Lipinski definition) is 3. The average molecular weight is 290 g/mol. The molecule has 1 aromatic rings. The molecule has 1 N–H and O–H groups in total. The molecule has 2 unspecified atom stereocenters. The smallest absolute Gasteiger partial charge is 0.0673 e. The van der Waals surface area contributed by atoms with Crippen LogP contribution in [0.5, 0.6) is 0 Å². The lowest BCUT2D eigenvalue weighted by Crippen LogP contribution is -2.38. The molecule has 2 rings (SSSR count). The fraction of sp³-hybridized carbons (Fsp3) is 0.667. The van der Waals surface area contributed by atoms with Crippen molar-refractivity contribution in [3.05, 3.63) is 34.9 Å². The summed E-state index contributed by atoms with van der Waals surface area (Å²) >= 11 is 0. The zero-order valence-corrected chi connectivity index (χ0v) is 14.0. The van der Waals surface area contributed by atoms with E-state index in [9.17, 15) is 0 Å². The molecule has 0 bridgehead atoms. The molecular weight excluding hydrogens is 260 g/mol. The lowest BCUT2D eigenvalue weighted by Gasteiger charge is -2.28. The Labute approximate surface area is 129 Å². The molecule has 1 saturated heterocycles. The number of hydrogen-bond donors (Lipinski definition) is 1. The largest absolute Gasteiger partial charge is 0.377 e. The Morgan fingerprint density at radius 3 is 2.86 bits per heavy atom. The van der Waals surface area contributed by atoms with Gasteiger partial charge in [-0.3, -0.25) is 4.90 Å². The van der Waals surface area contributed by atoms with Crippen LogP contribution < -0.4 is 5.32 Å². The quantitative estimate of drug-likeness (QED) is 0.902. The molecule has 118 valence electrons. The number of aryl methyl sites for hydroxylation is 2. The van der Waals surface area contributed by atoms with E-state index >= 15 is 0 Å². The van der Waals surface area contributed by atoms with E-state index in [-0.39, 0.29) is 0 Å². The highest BCUT2D eigenvalue weighted by atomic mass is 16.5. The summed E-state index contributed by atoms with van der Waals surface area (Å²) in [7, 11) is 0. The first-order valence-electron chi connectivity index (χ1n) is 8.24. The second-order valence-corrected chi connectivity index (χ2v) is 6.25. The average Bonchev–Trinajstić information content (AvgIpc) is 2.66. The van der Waals surface area contributed by atoms with Crippen molar-refractivity contribution in [2.45, 2.75) is 46.3 Å². The highest BCUT2D eigenvalue weighted by Crippen LogP contribution is 2.19. The SMILES string of the molecule is CCNC(CN1CCCOC(C)C1)c1ccc(C)c(C)c1. The molecule has 3 heteroatoms. The van der Waals surface area contributed by atoms with Gasteiger partial charge in [0, 0.05) is 32.3 Å². The van der Waals surface area contributed by atoms with Gasteiger partial charge >= 0.3 is 0 Å². The van der Waals surface area contributed by atoms with Gasteiger partial charge in [-0.15, -0.1) is 0 Å². The fourth-order valence-corrected chi connectivity index (χ4v) is 3.02. The van der Waals surface area contributed by atoms with Crippen LogP contribution in [0.25, 0.3) is 0 Å². The summed E-state index contributed by atoms with van der Waals surface area (Å²) in [6.07, 6.45) is 1.48. The molecule has 0 aromatic heterocycles. The minimum atomic E-state index is 0.342. The van der Waals surface area contributed by atoms with Gasteiger partial charge in [0.1, 0.15) is 0 Å². The Kier molecular flexibility index (Phi) is 6.22. The van der Waals surface area contributed by atoms with Crippen LogP contribution in [0.2, 0.25) is 0 Å². The van der Waals surface area contributed by atoms with E-state index in [0.29, 0.717) is 12.1 Å². The van der Waals surface area contributed by atoms with Crippen LogP contribution in [-0.2, 0) is 4.74 Å². The molecule has 1 aliphatic heterocycles. The van der Waals surface area contributed by atoms with Crippen LogP contribution in [0.15, 0.2) is 18.2 Å². The van der Waals surface area contributed by atoms with Gasteiger partial charge in [0.05, 0.1) is 6.10 Å². The summed E-state index contributed by atoms with van der Waals surface area (Å²) in [6.45, 7) is 13.9. The zero-order valence-electron chi connectivity index (χ0n) is 14.0. The highest BCUT2D eigenvalue weighted by molar-refractivity contribution is 5.32. The van der Waals surface area contributed by atoms with Crippen LogP contribution in [0.3, 0.4) is 0 Å². The van der Waals surface area contributed by atoms with Gasteiger partial charge in [0.2, 0.25) is 0 Å². The van der Waals surface area contributed by atoms with Gasteiger partial charge in [-0.2, -0.15) is 0 Å². The van der Waals surface area contributed by atoms with Crippen molar-refractivity contribution >= 4 is 0 Å². The molecule has 1 fully saturated rings. The Bertz CT molecular complexity index is 447. The standard InChI is InChI=1S/C18H30N2O/c1-5-19-18(17-8-7-14(2)15(3)11-17)13-20-9-6-10-21-16(4)12-20/h7-8,11,16,18-19H,5-6,9-10,12-13H2,1-4H3. The van der Waals surface area contributed by atoms with Crippen molar-refractivity contribution in [3.8, 4) is 0 Å². The monoisotopic (exact) mass is 290 g/mol. The maximum Gasteiger partial charge on any atom is 0.0673 e. The minimum absolute atomic E-state index is 0.342. The third-order valence-corrected chi connectivity index (χ3v) is 4.36. The van der Waals surface area contributed by atoms with E-state index in [2.05, 4.69) is 56.1 Å². The van der Waals surface area contributed by atoms with Crippen molar-refractivity contribution in [2.75, 3.05) is 32.8 Å². The molecule has 0 saturated carbocycles. The number of nitrogens with one attached hydrogen (secondary N) is 1. The van der Waals surface area contributed by atoms with Crippen molar-refractivity contribution in [1.29, 1.82) is 0 Å². The van der Waals surface area contributed by atoms with Crippen LogP contribution >= 0.6 is 0 Å². The van der Waals surface area contributed by atoms with Gasteiger partial charge in [-0.25, -0.2) is 0 Å². The second-order valence-electron chi connectivity index (χ2n) is 6.25. The van der Waals surface area contributed by atoms with Crippen LogP contribution in [0.4, 0.5) is 0 Å². The van der Waals surface area contributed by atoms with Crippen molar-refractivity contribution in [3.63, 3.8) is 0 Å². The molecule has 21 heavy (non-hydrogen) atoms. The lowest BCUT2D eigenvalue weighted by atomic mass is 10.0. The summed E-state index contributed by atoms with van der Waals surface area (Å²) in [5.41, 5.74) is 4.14. The zero-order chi connectivity index (χ0) is 15.2. The van der Waals surface area contributed by atoms with Crippen molar-refractivity contribution < 1.29 is 4.74 Å². The van der Waals surface area contributed by atoms with E-state index in [0.717, 1.165) is 39.2 Å². The molecule has 0 amide bonds. The van der Waals surface area contributed by atoms with E-state index in [1.165, 1.54) is 16.7 Å². The molecule has 2 atom stereocenters. The molecule has 1 aliphatic rings. The first kappa shape index (κ1) is 16.5. The summed E-state index contributed by atoms with van der Waals surface area (Å²) in [4.78, 5) is 2.54. The van der Waals surface area contributed by atoms with E-state index in [1.54, 1.807) is 0 Å². The van der Waals surface area contributed by atoms with Gasteiger partial charge < -0.3 is 10.1 Å². The second kappa shape index (κ2) is 7.92. The Morgan fingerprint density at radius 2 is 2.14 bits per heavy atom. The van der Waals surface area contributed by atoms with E-state index in [4.69, 9.17) is 4.74 Å². The third kappa shape index (κ3) is 4.80. The van der Waals surface area contributed by atoms with Crippen molar-refractivity contribution in [2.24, 2.45) is 0 Å². The van der Waals surface area contributed by atoms with Gasteiger partial charge in [0.15, 0.2) is 0 Å². The highest BCUT2D eigenvalue weighted by Gasteiger charge is 2.20. The number of benzene rings is 1. The summed E-state index contributed by atoms with van der Waals surface area (Å²) < 4.78 is 5.75. The van der Waals surface area contributed by atoms with Gasteiger partial charge in [-0.1, -0.05) is 25.1 Å². The molecule has 0 spiro atoms. The predicted octanol–water partition coefficient (Wildman–Crippen LogP) is 3.06. The summed E-state index contributed by atoms with van der Waals surface area (Å²) in [5, 5.41) is 3.65. The summed E-state index contributed by atoms with van der Waals surface area (Å²) in [5.74, 6) is 0. The molecule has 1 heterocycles. The van der Waals surface area contributed by atoms with Crippen LogP contribution in [0, 0.1) is 13.8 Å². The molecular formula is C18H30N2O. The maximum absolute atomic E-state index is 5.75. The fourth-order valence-electron chi connectivity index (χ4n) is 3.02. The Hall–Kier alpha value is -0.900. The number of rotatable bonds is 5. The predicted molar refractivity (Wildman–Crippen MR) is 88.8 cm³/mol. The van der Waals surface area contributed by atoms with E-state index in [1.807, 2.05) is 0 Å². The normalized spacial score (nSPS) is 22.0. The topological polar surface area (TPSA) is 24.5 Å². The number of nitrogens with zero attached hydrogens (tertiary/aromatic N) is 1. The van der Waals surface area contributed by atoms with Crippen LogP contribution in [-0.4, -0.2) is 43.8 Å². The van der Waals surface area contributed by atoms with Crippen molar-refractivity contribution in [1.82, 2.24) is 10.2 Å². The lowest BCUT2D eigenvalue weighted by molar-refractivity contribution is 0.0664.